The van der Waals surface area contributed by atoms with Gasteiger partial charge in [0, 0.05) is 18.7 Å². The summed E-state index contributed by atoms with van der Waals surface area (Å²) in [4.78, 5) is 11.3. The summed E-state index contributed by atoms with van der Waals surface area (Å²) in [5.74, 6) is -0.0155. The second-order valence-corrected chi connectivity index (χ2v) is 5.42. The lowest BCUT2D eigenvalue weighted by Crippen LogP contribution is -2.19. The summed E-state index contributed by atoms with van der Waals surface area (Å²) in [6.07, 6.45) is -2.95. The molecule has 116 valence electrons. The molecule has 0 radical (unpaired) electrons. The number of nitrogens with one attached hydrogen (secondary N) is 1. The molecule has 0 bridgehead atoms. The van der Waals surface area contributed by atoms with E-state index in [9.17, 15) is 18.0 Å². The fourth-order valence-corrected chi connectivity index (χ4v) is 2.36. The molecule has 0 fully saturated rings. The van der Waals surface area contributed by atoms with Crippen molar-refractivity contribution in [1.82, 2.24) is 0 Å². The highest BCUT2D eigenvalue weighted by Gasteiger charge is 2.27. The largest absolute Gasteiger partial charge is 0.411 e. The second-order valence-electron chi connectivity index (χ2n) is 4.89. The zero-order valence-electron chi connectivity index (χ0n) is 11.2. The van der Waals surface area contributed by atoms with Crippen LogP contribution in [0.4, 0.5) is 18.9 Å². The molecule has 1 unspecified atom stereocenters. The van der Waals surface area contributed by atoms with Gasteiger partial charge in [0.15, 0.2) is 0 Å². The van der Waals surface area contributed by atoms with Crippen LogP contribution in [0.2, 0.25) is 0 Å². The van der Waals surface area contributed by atoms with E-state index in [1.54, 1.807) is 12.1 Å². The van der Waals surface area contributed by atoms with Crippen LogP contribution in [0.15, 0.2) is 18.2 Å². The third-order valence-electron chi connectivity index (χ3n) is 3.17. The number of fused-ring (bicyclic) bond motifs is 1. The van der Waals surface area contributed by atoms with E-state index in [0.717, 1.165) is 16.8 Å². The van der Waals surface area contributed by atoms with Crippen molar-refractivity contribution in [1.29, 1.82) is 0 Å². The van der Waals surface area contributed by atoms with Crippen molar-refractivity contribution in [2.75, 3.05) is 18.5 Å². The molecule has 0 spiro atoms. The maximum Gasteiger partial charge on any atom is 0.411 e. The molecule has 0 saturated heterocycles. The molecule has 1 aromatic carbocycles. The van der Waals surface area contributed by atoms with Crippen LogP contribution in [0.5, 0.6) is 0 Å². The van der Waals surface area contributed by atoms with Crippen LogP contribution in [0.25, 0.3) is 0 Å². The van der Waals surface area contributed by atoms with Crippen LogP contribution >= 0.6 is 11.6 Å². The molecule has 1 atom stereocenters. The van der Waals surface area contributed by atoms with Crippen molar-refractivity contribution in [3.8, 4) is 0 Å². The molecule has 1 aliphatic heterocycles. The van der Waals surface area contributed by atoms with Gasteiger partial charge in [-0.25, -0.2) is 0 Å². The van der Waals surface area contributed by atoms with Crippen LogP contribution in [-0.4, -0.2) is 25.3 Å². The first-order valence-corrected chi connectivity index (χ1v) is 7.00. The van der Waals surface area contributed by atoms with Crippen molar-refractivity contribution < 1.29 is 22.7 Å². The zero-order chi connectivity index (χ0) is 15.5. The third kappa shape index (κ3) is 4.89. The Labute approximate surface area is 125 Å². The molecule has 7 heteroatoms. The molecule has 0 aromatic heterocycles. The van der Waals surface area contributed by atoms with Gasteiger partial charge < -0.3 is 10.1 Å². The lowest BCUT2D eigenvalue weighted by Gasteiger charge is -2.19. The van der Waals surface area contributed by atoms with Gasteiger partial charge in [0.1, 0.15) is 6.61 Å². The number of alkyl halides is 4. The quantitative estimate of drug-likeness (QED) is 0.661. The summed E-state index contributed by atoms with van der Waals surface area (Å²) in [5.41, 5.74) is 2.59. The van der Waals surface area contributed by atoms with E-state index in [4.69, 9.17) is 11.6 Å². The van der Waals surface area contributed by atoms with Crippen molar-refractivity contribution in [2.45, 2.75) is 30.8 Å². The first kappa shape index (κ1) is 16.1. The Morgan fingerprint density at radius 1 is 1.33 bits per heavy atom. The molecular weight excluding hydrogens is 307 g/mol. The molecule has 1 N–H and O–H groups in total. The van der Waals surface area contributed by atoms with Crippen LogP contribution in [0.1, 0.15) is 29.3 Å². The summed E-state index contributed by atoms with van der Waals surface area (Å²) in [5, 5.41) is 2.35. The Morgan fingerprint density at radius 2 is 2.10 bits per heavy atom. The van der Waals surface area contributed by atoms with Gasteiger partial charge in [-0.05, 0) is 30.0 Å². The average molecular weight is 322 g/mol. The number of benzene rings is 1. The van der Waals surface area contributed by atoms with E-state index >= 15 is 0 Å². The molecule has 0 aliphatic carbocycles. The normalized spacial score (nSPS) is 16.3. The fourth-order valence-electron chi connectivity index (χ4n) is 2.14. The van der Waals surface area contributed by atoms with E-state index in [2.05, 4.69) is 10.1 Å². The molecular formula is C14H15ClF3NO2. The number of hydrogen-bond donors (Lipinski definition) is 1. The summed E-state index contributed by atoms with van der Waals surface area (Å²) in [7, 11) is 0. The maximum absolute atomic E-state index is 11.9. The van der Waals surface area contributed by atoms with E-state index in [0.29, 0.717) is 19.3 Å². The van der Waals surface area contributed by atoms with Crippen molar-refractivity contribution >= 4 is 23.2 Å². The Bertz CT molecular complexity index is 519. The molecule has 0 saturated carbocycles. The predicted molar refractivity (Wildman–Crippen MR) is 73.5 cm³/mol. The third-order valence-corrected chi connectivity index (χ3v) is 3.64. The summed E-state index contributed by atoms with van der Waals surface area (Å²) < 4.78 is 40.3. The van der Waals surface area contributed by atoms with Gasteiger partial charge in [0.25, 0.3) is 0 Å². The smallest absolute Gasteiger partial charge is 0.372 e. The number of aryl methyl sites for hydroxylation is 1. The van der Waals surface area contributed by atoms with Crippen molar-refractivity contribution in [3.05, 3.63) is 29.3 Å². The lowest BCUT2D eigenvalue weighted by atomic mass is 9.98. The minimum atomic E-state index is -4.31. The highest BCUT2D eigenvalue weighted by atomic mass is 35.5. The fraction of sp³-hybridized carbons (Fsp3) is 0.500. The average Bonchev–Trinajstić information content (AvgIpc) is 2.41. The van der Waals surface area contributed by atoms with E-state index in [1.807, 2.05) is 6.07 Å². The van der Waals surface area contributed by atoms with Gasteiger partial charge in [-0.15, -0.1) is 11.6 Å². The van der Waals surface area contributed by atoms with E-state index in [-0.39, 0.29) is 12.5 Å². The van der Waals surface area contributed by atoms with Gasteiger partial charge in [-0.3, -0.25) is 4.79 Å². The van der Waals surface area contributed by atoms with Crippen LogP contribution < -0.4 is 5.32 Å². The number of carbonyl (C=O) groups is 1. The van der Waals surface area contributed by atoms with Gasteiger partial charge in [0.05, 0.1) is 5.38 Å². The van der Waals surface area contributed by atoms with Gasteiger partial charge >= 0.3 is 6.18 Å². The standard InChI is InChI=1S/C14H15ClF3NO2/c15-11(5-6-21-8-14(16,17)18)9-1-3-12-10(7-9)2-4-13(20)19-12/h1,3,7,11H,2,4-6,8H2,(H,19,20). The number of ether oxygens (including phenoxy) is 1. The number of amides is 1. The molecule has 1 aromatic rings. The molecule has 2 rings (SSSR count). The van der Waals surface area contributed by atoms with Crippen LogP contribution in [0, 0.1) is 0 Å². The van der Waals surface area contributed by atoms with Crippen molar-refractivity contribution in [2.24, 2.45) is 0 Å². The maximum atomic E-state index is 11.9. The number of anilines is 1. The first-order valence-electron chi connectivity index (χ1n) is 6.56. The highest BCUT2D eigenvalue weighted by Crippen LogP contribution is 2.30. The Hall–Kier alpha value is -1.27. The minimum Gasteiger partial charge on any atom is -0.372 e. The molecule has 1 aliphatic rings. The SMILES string of the molecule is O=C1CCc2cc(C(Cl)CCOCC(F)(F)F)ccc2N1. The number of rotatable bonds is 5. The highest BCUT2D eigenvalue weighted by molar-refractivity contribution is 6.20. The van der Waals surface area contributed by atoms with Gasteiger partial charge in [-0.1, -0.05) is 12.1 Å². The summed E-state index contributed by atoms with van der Waals surface area (Å²) in [6, 6.07) is 5.43. The zero-order valence-corrected chi connectivity index (χ0v) is 11.9. The topological polar surface area (TPSA) is 38.3 Å². The number of halogens is 4. The summed E-state index contributed by atoms with van der Waals surface area (Å²) >= 11 is 6.18. The first-order chi connectivity index (χ1) is 9.85. The predicted octanol–water partition coefficient (Wildman–Crippen LogP) is 3.82. The van der Waals surface area contributed by atoms with Crippen LogP contribution in [-0.2, 0) is 16.0 Å². The monoisotopic (exact) mass is 321 g/mol. The Kier molecular flexibility index (Phi) is 5.11. The van der Waals surface area contributed by atoms with E-state index < -0.39 is 18.2 Å². The minimum absolute atomic E-state index is 0.0155. The van der Waals surface area contributed by atoms with Gasteiger partial charge in [0.2, 0.25) is 5.91 Å². The molecule has 1 heterocycles. The Balaban J connectivity index is 1.88. The van der Waals surface area contributed by atoms with Crippen molar-refractivity contribution in [3.63, 3.8) is 0 Å². The molecule has 21 heavy (non-hydrogen) atoms. The van der Waals surface area contributed by atoms with E-state index in [1.165, 1.54) is 0 Å². The van der Waals surface area contributed by atoms with Crippen LogP contribution in [0.3, 0.4) is 0 Å². The summed E-state index contributed by atoms with van der Waals surface area (Å²) in [6.45, 7) is -1.31. The van der Waals surface area contributed by atoms with Gasteiger partial charge in [-0.2, -0.15) is 13.2 Å². The Morgan fingerprint density at radius 3 is 2.81 bits per heavy atom. The number of carbonyl (C=O) groups excluding carboxylic acids is 1. The number of hydrogen-bond acceptors (Lipinski definition) is 2. The lowest BCUT2D eigenvalue weighted by molar-refractivity contribution is -0.174. The molecule has 3 nitrogen and oxygen atoms in total. The second kappa shape index (κ2) is 6.66. The molecule has 1 amide bonds.